The Kier molecular flexibility index (Phi) is 3.85. The summed E-state index contributed by atoms with van der Waals surface area (Å²) in [4.78, 5) is 4.80. The largest absolute Gasteiger partial charge is 0.255 e. The molecule has 0 aliphatic heterocycles. The van der Waals surface area contributed by atoms with Gasteiger partial charge in [-0.25, -0.2) is 8.42 Å². The van der Waals surface area contributed by atoms with Crippen molar-refractivity contribution in [2.75, 3.05) is 0 Å². The number of nitrogens with zero attached hydrogens (tertiary/aromatic N) is 2. The zero-order chi connectivity index (χ0) is 18.6. The summed E-state index contributed by atoms with van der Waals surface area (Å²) in [5, 5.41) is 0.874. The average Bonchev–Trinajstić information content (AvgIpc) is 3.40. The summed E-state index contributed by atoms with van der Waals surface area (Å²) < 4.78 is 29.4. The molecule has 4 nitrogen and oxygen atoms in total. The molecule has 1 heterocycles. The Hall–Kier alpha value is -2.24. The van der Waals surface area contributed by atoms with Gasteiger partial charge in [-0.3, -0.25) is 4.98 Å². The molecule has 2 aromatic carbocycles. The molecule has 1 atom stereocenters. The fraction of sp³-hybridized carbons (Fsp3) is 0.318. The van der Waals surface area contributed by atoms with Gasteiger partial charge in [-0.2, -0.15) is 4.31 Å². The van der Waals surface area contributed by atoms with E-state index in [-0.39, 0.29) is 12.1 Å². The minimum absolute atomic E-state index is 0.0700. The van der Waals surface area contributed by atoms with Crippen LogP contribution in [0.2, 0.25) is 0 Å². The number of para-hydroxylation sites is 1. The van der Waals surface area contributed by atoms with E-state index in [1.807, 2.05) is 37.3 Å². The van der Waals surface area contributed by atoms with Gasteiger partial charge in [0.05, 0.1) is 11.6 Å². The van der Waals surface area contributed by atoms with Crippen LogP contribution in [0.1, 0.15) is 42.0 Å². The molecule has 27 heavy (non-hydrogen) atoms. The van der Waals surface area contributed by atoms with E-state index in [0.717, 1.165) is 42.2 Å². The van der Waals surface area contributed by atoms with Crippen LogP contribution in [-0.2, 0) is 16.4 Å². The number of pyridine rings is 1. The number of fused-ring (bicyclic) bond motifs is 2. The Balaban J connectivity index is 1.66. The molecule has 0 radical (unpaired) electrons. The second-order valence-corrected chi connectivity index (χ2v) is 9.47. The minimum Gasteiger partial charge on any atom is -0.255 e. The standard InChI is InChI=1S/C22H22N2O2S/c1-15-13-17-6-4-8-21(22(17)23-14-15)27(25,26)24(18-10-11-18)20-12-9-16-5-2-3-7-19(16)20/h2-8,13-14,18,20H,9-12H2,1H3/t20-/m0/s1. The van der Waals surface area contributed by atoms with Crippen LogP contribution in [-0.4, -0.2) is 23.7 Å². The van der Waals surface area contributed by atoms with Gasteiger partial charge < -0.3 is 0 Å². The summed E-state index contributed by atoms with van der Waals surface area (Å²) in [5.74, 6) is 0. The van der Waals surface area contributed by atoms with Crippen LogP contribution in [0.15, 0.2) is 59.6 Å². The zero-order valence-corrected chi connectivity index (χ0v) is 16.1. The maximum atomic E-state index is 13.8. The number of sulfonamides is 1. The number of hydrogen-bond acceptors (Lipinski definition) is 3. The molecule has 2 aliphatic rings. The van der Waals surface area contributed by atoms with Crippen LogP contribution in [0.5, 0.6) is 0 Å². The Morgan fingerprint density at radius 3 is 2.67 bits per heavy atom. The van der Waals surface area contributed by atoms with Gasteiger partial charge in [-0.15, -0.1) is 0 Å². The fourth-order valence-corrected chi connectivity index (χ4v) is 6.36. The molecule has 3 aromatic rings. The predicted octanol–water partition coefficient (Wildman–Crippen LogP) is 4.38. The van der Waals surface area contributed by atoms with Gasteiger partial charge in [0.2, 0.25) is 10.0 Å². The summed E-state index contributed by atoms with van der Waals surface area (Å²) >= 11 is 0. The molecule has 0 spiro atoms. The van der Waals surface area contributed by atoms with Crippen molar-refractivity contribution in [2.45, 2.75) is 49.6 Å². The fourth-order valence-electron chi connectivity index (χ4n) is 4.31. The van der Waals surface area contributed by atoms with E-state index >= 15 is 0 Å². The lowest BCUT2D eigenvalue weighted by Gasteiger charge is -2.29. The first-order valence-electron chi connectivity index (χ1n) is 9.52. The minimum atomic E-state index is -3.63. The molecular weight excluding hydrogens is 356 g/mol. The number of rotatable bonds is 4. The maximum Gasteiger partial charge on any atom is 0.246 e. The van der Waals surface area contributed by atoms with E-state index in [4.69, 9.17) is 0 Å². The van der Waals surface area contributed by atoms with Gasteiger partial charge in [0, 0.05) is 17.6 Å². The molecular formula is C22H22N2O2S. The van der Waals surface area contributed by atoms with Crippen molar-refractivity contribution >= 4 is 20.9 Å². The Morgan fingerprint density at radius 2 is 1.85 bits per heavy atom. The molecule has 138 valence electrons. The normalized spacial score (nSPS) is 19.6. The van der Waals surface area contributed by atoms with E-state index in [9.17, 15) is 8.42 Å². The Labute approximate surface area is 159 Å². The van der Waals surface area contributed by atoms with Crippen LogP contribution < -0.4 is 0 Å². The first-order valence-corrected chi connectivity index (χ1v) is 11.0. The summed E-state index contributed by atoms with van der Waals surface area (Å²) in [6.45, 7) is 1.97. The molecule has 1 fully saturated rings. The first-order chi connectivity index (χ1) is 13.1. The van der Waals surface area contributed by atoms with E-state index in [1.54, 1.807) is 16.6 Å². The van der Waals surface area contributed by atoms with E-state index in [2.05, 4.69) is 17.1 Å². The first kappa shape index (κ1) is 16.9. The van der Waals surface area contributed by atoms with Crippen LogP contribution in [0.25, 0.3) is 10.9 Å². The molecule has 0 amide bonds. The maximum absolute atomic E-state index is 13.8. The van der Waals surface area contributed by atoms with Crippen molar-refractivity contribution in [3.63, 3.8) is 0 Å². The third-order valence-corrected chi connectivity index (χ3v) is 7.67. The second kappa shape index (κ2) is 6.14. The van der Waals surface area contributed by atoms with Crippen molar-refractivity contribution in [3.05, 3.63) is 71.4 Å². The molecule has 1 aromatic heterocycles. The molecule has 0 unspecified atom stereocenters. The topological polar surface area (TPSA) is 50.3 Å². The van der Waals surface area contributed by atoms with Crippen molar-refractivity contribution in [1.82, 2.24) is 9.29 Å². The lowest BCUT2D eigenvalue weighted by molar-refractivity contribution is 0.314. The molecule has 5 rings (SSSR count). The van der Waals surface area contributed by atoms with E-state index in [0.29, 0.717) is 10.4 Å². The van der Waals surface area contributed by atoms with Gasteiger partial charge in [0.25, 0.3) is 0 Å². The van der Waals surface area contributed by atoms with Crippen LogP contribution in [0, 0.1) is 6.92 Å². The van der Waals surface area contributed by atoms with Crippen LogP contribution in [0.3, 0.4) is 0 Å². The van der Waals surface area contributed by atoms with Gasteiger partial charge in [0.15, 0.2) is 0 Å². The van der Waals surface area contributed by atoms with Gasteiger partial charge in [0.1, 0.15) is 4.90 Å². The highest BCUT2D eigenvalue weighted by molar-refractivity contribution is 7.89. The number of aryl methyl sites for hydroxylation is 2. The Bertz CT molecular complexity index is 1140. The average molecular weight is 378 g/mol. The molecule has 0 N–H and O–H groups in total. The van der Waals surface area contributed by atoms with E-state index in [1.165, 1.54) is 5.56 Å². The SMILES string of the molecule is Cc1cnc2c(S(=O)(=O)N(C3CC3)[C@H]3CCc4ccccc43)cccc2c1. The number of aromatic nitrogens is 1. The third-order valence-electron chi connectivity index (χ3n) is 5.68. The molecule has 2 aliphatic carbocycles. The highest BCUT2D eigenvalue weighted by Crippen LogP contribution is 2.45. The molecule has 1 saturated carbocycles. The van der Waals surface area contributed by atoms with Gasteiger partial charge in [-0.1, -0.05) is 36.4 Å². The zero-order valence-electron chi connectivity index (χ0n) is 15.3. The quantitative estimate of drug-likeness (QED) is 0.677. The lowest BCUT2D eigenvalue weighted by atomic mass is 10.1. The van der Waals surface area contributed by atoms with E-state index < -0.39 is 10.0 Å². The Morgan fingerprint density at radius 1 is 1.04 bits per heavy atom. The highest BCUT2D eigenvalue weighted by atomic mass is 32.2. The number of hydrogen-bond donors (Lipinski definition) is 0. The third kappa shape index (κ3) is 2.77. The molecule has 0 saturated heterocycles. The smallest absolute Gasteiger partial charge is 0.246 e. The van der Waals surface area contributed by atoms with Crippen molar-refractivity contribution in [1.29, 1.82) is 0 Å². The second-order valence-electron chi connectivity index (χ2n) is 7.66. The van der Waals surface area contributed by atoms with Crippen LogP contribution in [0.4, 0.5) is 0 Å². The van der Waals surface area contributed by atoms with Crippen molar-refractivity contribution in [2.24, 2.45) is 0 Å². The summed E-state index contributed by atoms with van der Waals surface area (Å²) in [6, 6.07) is 15.7. The number of benzene rings is 2. The summed E-state index contributed by atoms with van der Waals surface area (Å²) in [7, 11) is -3.63. The molecule has 0 bridgehead atoms. The predicted molar refractivity (Wildman–Crippen MR) is 106 cm³/mol. The van der Waals surface area contributed by atoms with Crippen molar-refractivity contribution < 1.29 is 8.42 Å². The van der Waals surface area contributed by atoms with Crippen LogP contribution >= 0.6 is 0 Å². The molecule has 5 heteroatoms. The lowest BCUT2D eigenvalue weighted by Crippen LogP contribution is -2.36. The van der Waals surface area contributed by atoms with Gasteiger partial charge >= 0.3 is 0 Å². The summed E-state index contributed by atoms with van der Waals surface area (Å²) in [6.07, 6.45) is 5.41. The van der Waals surface area contributed by atoms with Gasteiger partial charge in [-0.05, 0) is 61.4 Å². The summed E-state index contributed by atoms with van der Waals surface area (Å²) in [5.41, 5.74) is 4.04. The monoisotopic (exact) mass is 378 g/mol. The highest BCUT2D eigenvalue weighted by Gasteiger charge is 2.45. The van der Waals surface area contributed by atoms with Crippen molar-refractivity contribution in [3.8, 4) is 0 Å².